The third-order valence-corrected chi connectivity index (χ3v) is 6.41. The molecule has 2 saturated heterocycles. The van der Waals surface area contributed by atoms with E-state index in [1.807, 2.05) is 52.3 Å². The SMILES string of the molecule is O=C(NCCC1CCCCN1C(=O)c1cccc(CN2CCCC2=O)c1)c1ccccc1. The summed E-state index contributed by atoms with van der Waals surface area (Å²) in [5.41, 5.74) is 2.32. The highest BCUT2D eigenvalue weighted by Crippen LogP contribution is 2.23. The van der Waals surface area contributed by atoms with Gasteiger partial charge in [-0.05, 0) is 61.9 Å². The summed E-state index contributed by atoms with van der Waals surface area (Å²) in [6.07, 6.45) is 5.32. The van der Waals surface area contributed by atoms with Crippen molar-refractivity contribution < 1.29 is 14.4 Å². The topological polar surface area (TPSA) is 69.7 Å². The number of amides is 3. The largest absolute Gasteiger partial charge is 0.352 e. The lowest BCUT2D eigenvalue weighted by molar-refractivity contribution is -0.128. The molecule has 1 unspecified atom stereocenters. The van der Waals surface area contributed by atoms with Crippen LogP contribution in [0.3, 0.4) is 0 Å². The summed E-state index contributed by atoms with van der Waals surface area (Å²) >= 11 is 0. The molecule has 0 bridgehead atoms. The zero-order chi connectivity index (χ0) is 22.3. The molecule has 168 valence electrons. The van der Waals surface area contributed by atoms with Crippen LogP contribution in [0, 0.1) is 0 Å². The lowest BCUT2D eigenvalue weighted by Gasteiger charge is -2.36. The van der Waals surface area contributed by atoms with Gasteiger partial charge in [-0.1, -0.05) is 30.3 Å². The van der Waals surface area contributed by atoms with Gasteiger partial charge in [-0.25, -0.2) is 0 Å². The minimum atomic E-state index is -0.0801. The van der Waals surface area contributed by atoms with E-state index in [9.17, 15) is 14.4 Å². The van der Waals surface area contributed by atoms with Crippen LogP contribution < -0.4 is 5.32 Å². The number of carbonyl (C=O) groups excluding carboxylic acids is 3. The monoisotopic (exact) mass is 433 g/mol. The highest BCUT2D eigenvalue weighted by Gasteiger charge is 2.28. The molecule has 1 N–H and O–H groups in total. The zero-order valence-electron chi connectivity index (χ0n) is 18.5. The number of hydrogen-bond donors (Lipinski definition) is 1. The number of nitrogens with one attached hydrogen (secondary N) is 1. The van der Waals surface area contributed by atoms with E-state index in [2.05, 4.69) is 5.32 Å². The molecule has 4 rings (SSSR count). The minimum Gasteiger partial charge on any atom is -0.352 e. The molecule has 0 aliphatic carbocycles. The number of likely N-dealkylation sites (tertiary alicyclic amines) is 2. The van der Waals surface area contributed by atoms with Crippen molar-refractivity contribution in [3.8, 4) is 0 Å². The molecule has 6 heteroatoms. The van der Waals surface area contributed by atoms with E-state index in [1.54, 1.807) is 12.1 Å². The molecular formula is C26H31N3O3. The van der Waals surface area contributed by atoms with Crippen LogP contribution in [0.2, 0.25) is 0 Å². The Bertz CT molecular complexity index is 960. The van der Waals surface area contributed by atoms with Crippen molar-refractivity contribution in [2.45, 2.75) is 51.1 Å². The van der Waals surface area contributed by atoms with Gasteiger partial charge in [-0.15, -0.1) is 0 Å². The van der Waals surface area contributed by atoms with Gasteiger partial charge in [0.2, 0.25) is 5.91 Å². The summed E-state index contributed by atoms with van der Waals surface area (Å²) < 4.78 is 0. The molecule has 0 aromatic heterocycles. The summed E-state index contributed by atoms with van der Waals surface area (Å²) in [7, 11) is 0. The molecule has 2 aliphatic rings. The van der Waals surface area contributed by atoms with Crippen molar-refractivity contribution in [3.05, 3.63) is 71.3 Å². The first-order valence-corrected chi connectivity index (χ1v) is 11.6. The molecule has 0 radical (unpaired) electrons. The van der Waals surface area contributed by atoms with E-state index >= 15 is 0 Å². The lowest BCUT2D eigenvalue weighted by Crippen LogP contribution is -2.45. The quantitative estimate of drug-likeness (QED) is 0.725. The molecule has 2 fully saturated rings. The Morgan fingerprint density at radius 2 is 1.75 bits per heavy atom. The van der Waals surface area contributed by atoms with E-state index in [0.717, 1.165) is 50.8 Å². The van der Waals surface area contributed by atoms with Gasteiger partial charge in [-0.3, -0.25) is 14.4 Å². The van der Waals surface area contributed by atoms with Crippen molar-refractivity contribution in [1.82, 2.24) is 15.1 Å². The number of carbonyl (C=O) groups is 3. The van der Waals surface area contributed by atoms with Crippen LogP contribution in [-0.2, 0) is 11.3 Å². The highest BCUT2D eigenvalue weighted by atomic mass is 16.2. The fourth-order valence-electron chi connectivity index (χ4n) is 4.67. The maximum atomic E-state index is 13.3. The summed E-state index contributed by atoms with van der Waals surface area (Å²) in [6, 6.07) is 17.0. The third kappa shape index (κ3) is 5.36. The summed E-state index contributed by atoms with van der Waals surface area (Å²) in [5, 5.41) is 2.98. The zero-order valence-corrected chi connectivity index (χ0v) is 18.5. The molecular weight excluding hydrogens is 402 g/mol. The first-order chi connectivity index (χ1) is 15.6. The second kappa shape index (κ2) is 10.4. The van der Waals surface area contributed by atoms with Gasteiger partial charge in [0, 0.05) is 49.8 Å². The molecule has 2 aliphatic heterocycles. The molecule has 0 spiro atoms. The number of nitrogens with zero attached hydrogens (tertiary/aromatic N) is 2. The molecule has 6 nitrogen and oxygen atoms in total. The minimum absolute atomic E-state index is 0.0404. The van der Waals surface area contributed by atoms with Gasteiger partial charge in [0.05, 0.1) is 0 Å². The van der Waals surface area contributed by atoms with Gasteiger partial charge >= 0.3 is 0 Å². The second-order valence-corrected chi connectivity index (χ2v) is 8.68. The Morgan fingerprint density at radius 1 is 0.938 bits per heavy atom. The number of benzene rings is 2. The van der Waals surface area contributed by atoms with Gasteiger partial charge < -0.3 is 15.1 Å². The normalized spacial score (nSPS) is 18.6. The predicted molar refractivity (Wildman–Crippen MR) is 123 cm³/mol. The molecule has 3 amide bonds. The predicted octanol–water partition coefficient (Wildman–Crippen LogP) is 3.62. The van der Waals surface area contributed by atoms with Crippen LogP contribution in [0.4, 0.5) is 0 Å². The van der Waals surface area contributed by atoms with E-state index < -0.39 is 0 Å². The first-order valence-electron chi connectivity index (χ1n) is 11.6. The van der Waals surface area contributed by atoms with Crippen LogP contribution in [0.5, 0.6) is 0 Å². The van der Waals surface area contributed by atoms with Crippen molar-refractivity contribution in [3.63, 3.8) is 0 Å². The highest BCUT2D eigenvalue weighted by molar-refractivity contribution is 5.95. The Labute approximate surface area is 189 Å². The first kappa shape index (κ1) is 22.1. The summed E-state index contributed by atoms with van der Waals surface area (Å²) in [6.45, 7) is 2.64. The molecule has 2 aromatic rings. The maximum absolute atomic E-state index is 13.3. The third-order valence-electron chi connectivity index (χ3n) is 6.41. The van der Waals surface area contributed by atoms with Gasteiger partial charge in [0.25, 0.3) is 11.8 Å². The molecule has 1 atom stereocenters. The number of rotatable bonds is 7. The van der Waals surface area contributed by atoms with Gasteiger partial charge in [0.15, 0.2) is 0 Å². The average molecular weight is 434 g/mol. The van der Waals surface area contributed by atoms with Crippen LogP contribution in [0.1, 0.15) is 64.8 Å². The van der Waals surface area contributed by atoms with Gasteiger partial charge in [0.1, 0.15) is 0 Å². The Morgan fingerprint density at radius 3 is 2.53 bits per heavy atom. The van der Waals surface area contributed by atoms with Crippen molar-refractivity contribution in [2.24, 2.45) is 0 Å². The van der Waals surface area contributed by atoms with Crippen LogP contribution in [0.25, 0.3) is 0 Å². The van der Waals surface area contributed by atoms with Crippen LogP contribution in [-0.4, -0.2) is 53.2 Å². The molecule has 2 aromatic carbocycles. The van der Waals surface area contributed by atoms with Crippen LogP contribution >= 0.6 is 0 Å². The van der Waals surface area contributed by atoms with E-state index in [-0.39, 0.29) is 23.8 Å². The van der Waals surface area contributed by atoms with Crippen molar-refractivity contribution >= 4 is 17.7 Å². The van der Waals surface area contributed by atoms with Crippen LogP contribution in [0.15, 0.2) is 54.6 Å². The van der Waals surface area contributed by atoms with E-state index in [1.165, 1.54) is 0 Å². The fourth-order valence-corrected chi connectivity index (χ4v) is 4.67. The molecule has 0 saturated carbocycles. The summed E-state index contributed by atoms with van der Waals surface area (Å²) in [4.78, 5) is 41.4. The maximum Gasteiger partial charge on any atom is 0.254 e. The summed E-state index contributed by atoms with van der Waals surface area (Å²) in [5.74, 6) is 0.150. The van der Waals surface area contributed by atoms with Crippen molar-refractivity contribution in [2.75, 3.05) is 19.6 Å². The standard InChI is InChI=1S/C26H31N3O3/c30-24-13-7-16-28(24)19-20-8-6-11-22(18-20)26(32)29-17-5-4-12-23(29)14-15-27-25(31)21-9-2-1-3-10-21/h1-3,6,8-11,18,23H,4-5,7,12-17,19H2,(H,27,31). The van der Waals surface area contributed by atoms with E-state index in [4.69, 9.17) is 0 Å². The number of piperidine rings is 1. The van der Waals surface area contributed by atoms with E-state index in [0.29, 0.717) is 30.6 Å². The molecule has 32 heavy (non-hydrogen) atoms. The van der Waals surface area contributed by atoms with Crippen molar-refractivity contribution in [1.29, 1.82) is 0 Å². The Balaban J connectivity index is 1.36. The lowest BCUT2D eigenvalue weighted by atomic mass is 9.97. The van der Waals surface area contributed by atoms with Gasteiger partial charge in [-0.2, -0.15) is 0 Å². The fraction of sp³-hybridized carbons (Fsp3) is 0.423. The smallest absolute Gasteiger partial charge is 0.254 e. The number of hydrogen-bond acceptors (Lipinski definition) is 3. The second-order valence-electron chi connectivity index (χ2n) is 8.68. The Kier molecular flexibility index (Phi) is 7.20. The molecule has 2 heterocycles. The Hall–Kier alpha value is -3.15. The average Bonchev–Trinajstić information content (AvgIpc) is 3.23.